The number of pyridine rings is 1. The molecule has 0 spiro atoms. The van der Waals surface area contributed by atoms with Crippen molar-refractivity contribution in [3.8, 4) is 0 Å². The molecule has 1 aromatic rings. The van der Waals surface area contributed by atoms with E-state index in [-0.39, 0.29) is 11.5 Å². The number of hydrogen-bond acceptors (Lipinski definition) is 2. The maximum atomic E-state index is 6.05. The number of halogens is 1. The molecule has 0 bridgehead atoms. The molecule has 0 saturated carbocycles. The van der Waals surface area contributed by atoms with E-state index >= 15 is 0 Å². The summed E-state index contributed by atoms with van der Waals surface area (Å²) in [7, 11) is 0. The predicted octanol–water partition coefficient (Wildman–Crippen LogP) is 2.78. The monoisotopic (exact) mass is 198 g/mol. The molecule has 2 nitrogen and oxygen atoms in total. The van der Waals surface area contributed by atoms with Gasteiger partial charge in [0.05, 0.1) is 0 Å². The Morgan fingerprint density at radius 3 is 2.54 bits per heavy atom. The van der Waals surface area contributed by atoms with Crippen LogP contribution in [0, 0.1) is 5.41 Å². The predicted molar refractivity (Wildman–Crippen MR) is 55.6 cm³/mol. The van der Waals surface area contributed by atoms with Crippen molar-refractivity contribution < 1.29 is 0 Å². The molecule has 0 unspecified atom stereocenters. The molecule has 1 rings (SSSR count). The van der Waals surface area contributed by atoms with Crippen LogP contribution >= 0.6 is 11.6 Å². The van der Waals surface area contributed by atoms with Crippen LogP contribution in [0.15, 0.2) is 18.3 Å². The third-order valence-corrected chi connectivity index (χ3v) is 2.25. The largest absolute Gasteiger partial charge is 0.324 e. The third kappa shape index (κ3) is 2.68. The SMILES string of the molecule is CC(C)(C)[C@@H](N)c1ccnc(Cl)c1. The number of nitrogens with zero attached hydrogens (tertiary/aromatic N) is 1. The molecular weight excluding hydrogens is 184 g/mol. The van der Waals surface area contributed by atoms with Crippen LogP contribution in [0.25, 0.3) is 0 Å². The Morgan fingerprint density at radius 2 is 2.08 bits per heavy atom. The van der Waals surface area contributed by atoms with Gasteiger partial charge in [-0.3, -0.25) is 0 Å². The first-order chi connectivity index (χ1) is 5.91. The lowest BCUT2D eigenvalue weighted by Gasteiger charge is -2.27. The fourth-order valence-electron chi connectivity index (χ4n) is 1.11. The van der Waals surface area contributed by atoms with Crippen molar-refractivity contribution in [2.45, 2.75) is 26.8 Å². The zero-order valence-electron chi connectivity index (χ0n) is 8.21. The van der Waals surface area contributed by atoms with E-state index in [0.29, 0.717) is 5.15 Å². The fraction of sp³-hybridized carbons (Fsp3) is 0.500. The molecule has 72 valence electrons. The lowest BCUT2D eigenvalue weighted by molar-refractivity contribution is 0.327. The molecule has 0 aliphatic heterocycles. The molecule has 1 heterocycles. The molecule has 2 N–H and O–H groups in total. The van der Waals surface area contributed by atoms with Crippen LogP contribution in [0.1, 0.15) is 32.4 Å². The average Bonchev–Trinajstić information content (AvgIpc) is 2.01. The van der Waals surface area contributed by atoms with E-state index in [4.69, 9.17) is 17.3 Å². The van der Waals surface area contributed by atoms with Crippen molar-refractivity contribution in [1.29, 1.82) is 0 Å². The second-order valence-electron chi connectivity index (χ2n) is 4.26. The van der Waals surface area contributed by atoms with Crippen molar-refractivity contribution in [2.24, 2.45) is 11.1 Å². The topological polar surface area (TPSA) is 38.9 Å². The first kappa shape index (κ1) is 10.5. The summed E-state index contributed by atoms with van der Waals surface area (Å²) in [5.41, 5.74) is 7.14. The summed E-state index contributed by atoms with van der Waals surface area (Å²) in [6, 6.07) is 3.72. The van der Waals surface area contributed by atoms with Crippen LogP contribution in [-0.2, 0) is 0 Å². The van der Waals surface area contributed by atoms with Gasteiger partial charge in [0.25, 0.3) is 0 Å². The van der Waals surface area contributed by atoms with Gasteiger partial charge in [0.2, 0.25) is 0 Å². The van der Waals surface area contributed by atoms with Gasteiger partial charge in [0.15, 0.2) is 0 Å². The summed E-state index contributed by atoms with van der Waals surface area (Å²) in [5, 5.41) is 0.497. The molecular formula is C10H15ClN2. The van der Waals surface area contributed by atoms with Crippen LogP contribution in [0.5, 0.6) is 0 Å². The highest BCUT2D eigenvalue weighted by Crippen LogP contribution is 2.30. The Balaban J connectivity index is 2.96. The highest BCUT2D eigenvalue weighted by molar-refractivity contribution is 6.29. The van der Waals surface area contributed by atoms with E-state index in [1.54, 1.807) is 6.20 Å². The van der Waals surface area contributed by atoms with Gasteiger partial charge in [-0.1, -0.05) is 32.4 Å². The van der Waals surface area contributed by atoms with E-state index in [2.05, 4.69) is 25.8 Å². The molecule has 0 radical (unpaired) electrons. The van der Waals surface area contributed by atoms with Crippen LogP contribution in [0.4, 0.5) is 0 Å². The highest BCUT2D eigenvalue weighted by Gasteiger charge is 2.22. The first-order valence-corrected chi connectivity index (χ1v) is 4.66. The fourth-order valence-corrected chi connectivity index (χ4v) is 1.29. The maximum Gasteiger partial charge on any atom is 0.129 e. The van der Waals surface area contributed by atoms with E-state index in [1.165, 1.54) is 0 Å². The van der Waals surface area contributed by atoms with Crippen LogP contribution in [0.3, 0.4) is 0 Å². The van der Waals surface area contributed by atoms with Gasteiger partial charge in [-0.2, -0.15) is 0 Å². The summed E-state index contributed by atoms with van der Waals surface area (Å²) >= 11 is 5.77. The smallest absolute Gasteiger partial charge is 0.129 e. The lowest BCUT2D eigenvalue weighted by atomic mass is 9.83. The van der Waals surface area contributed by atoms with Gasteiger partial charge < -0.3 is 5.73 Å². The van der Waals surface area contributed by atoms with Crippen LogP contribution in [0.2, 0.25) is 5.15 Å². The van der Waals surface area contributed by atoms with Crippen LogP contribution < -0.4 is 5.73 Å². The maximum absolute atomic E-state index is 6.05. The Kier molecular flexibility index (Phi) is 2.94. The van der Waals surface area contributed by atoms with Crippen molar-refractivity contribution in [3.63, 3.8) is 0 Å². The molecule has 0 aliphatic rings. The van der Waals surface area contributed by atoms with Gasteiger partial charge in [-0.25, -0.2) is 4.98 Å². The normalized spacial score (nSPS) is 14.2. The quantitative estimate of drug-likeness (QED) is 0.705. The molecule has 1 aromatic heterocycles. The summed E-state index contributed by atoms with van der Waals surface area (Å²) in [5.74, 6) is 0. The first-order valence-electron chi connectivity index (χ1n) is 4.28. The number of rotatable bonds is 1. The Morgan fingerprint density at radius 1 is 1.46 bits per heavy atom. The minimum atomic E-state index is -0.00648. The number of hydrogen-bond donors (Lipinski definition) is 1. The summed E-state index contributed by atoms with van der Waals surface area (Å²) in [4.78, 5) is 3.91. The number of nitrogens with two attached hydrogens (primary N) is 1. The zero-order chi connectivity index (χ0) is 10.1. The summed E-state index contributed by atoms with van der Waals surface area (Å²) < 4.78 is 0. The molecule has 0 saturated heterocycles. The lowest BCUT2D eigenvalue weighted by Crippen LogP contribution is -2.26. The average molecular weight is 199 g/mol. The summed E-state index contributed by atoms with van der Waals surface area (Å²) in [6.07, 6.45) is 1.68. The van der Waals surface area contributed by atoms with E-state index < -0.39 is 0 Å². The van der Waals surface area contributed by atoms with E-state index in [1.807, 2.05) is 12.1 Å². The van der Waals surface area contributed by atoms with E-state index in [0.717, 1.165) is 5.56 Å². The van der Waals surface area contributed by atoms with Gasteiger partial charge in [0.1, 0.15) is 5.15 Å². The Hall–Kier alpha value is -0.600. The second kappa shape index (κ2) is 3.64. The number of aromatic nitrogens is 1. The molecule has 3 heteroatoms. The van der Waals surface area contributed by atoms with Gasteiger partial charge in [-0.15, -0.1) is 0 Å². The minimum absolute atomic E-state index is 0.00648. The molecule has 0 amide bonds. The molecule has 0 aromatic carbocycles. The van der Waals surface area contributed by atoms with Crippen molar-refractivity contribution in [1.82, 2.24) is 4.98 Å². The van der Waals surface area contributed by atoms with Crippen molar-refractivity contribution >= 4 is 11.6 Å². The van der Waals surface area contributed by atoms with Gasteiger partial charge in [0, 0.05) is 12.2 Å². The molecule has 0 aliphatic carbocycles. The minimum Gasteiger partial charge on any atom is -0.324 e. The highest BCUT2D eigenvalue weighted by atomic mass is 35.5. The Bertz CT molecular complexity index is 291. The second-order valence-corrected chi connectivity index (χ2v) is 4.64. The standard InChI is InChI=1S/C10H15ClN2/c1-10(2,3)9(12)7-4-5-13-8(11)6-7/h4-6,9H,12H2,1-3H3/t9-/m0/s1. The van der Waals surface area contributed by atoms with E-state index in [9.17, 15) is 0 Å². The molecule has 0 fully saturated rings. The zero-order valence-corrected chi connectivity index (χ0v) is 8.97. The third-order valence-electron chi connectivity index (χ3n) is 2.04. The molecule has 1 atom stereocenters. The van der Waals surface area contributed by atoms with Crippen molar-refractivity contribution in [3.05, 3.63) is 29.0 Å². The summed E-state index contributed by atoms with van der Waals surface area (Å²) in [6.45, 7) is 6.31. The molecule has 13 heavy (non-hydrogen) atoms. The van der Waals surface area contributed by atoms with Crippen molar-refractivity contribution in [2.75, 3.05) is 0 Å². The van der Waals surface area contributed by atoms with Crippen LogP contribution in [-0.4, -0.2) is 4.98 Å². The van der Waals surface area contributed by atoms with Gasteiger partial charge in [-0.05, 0) is 23.1 Å². The van der Waals surface area contributed by atoms with Gasteiger partial charge >= 0.3 is 0 Å². The Labute approximate surface area is 84.1 Å².